The molecule has 0 saturated carbocycles. The average molecular weight is 434 g/mol. The average Bonchev–Trinajstić information content (AvgIpc) is 2.69. The van der Waals surface area contributed by atoms with Crippen molar-refractivity contribution in [2.45, 2.75) is 19.9 Å². The molecule has 0 aliphatic rings. The van der Waals surface area contributed by atoms with E-state index in [0.717, 1.165) is 0 Å². The number of halogens is 2. The molecule has 3 aromatic rings. The number of aromatic nitrogens is 1. The van der Waals surface area contributed by atoms with E-state index in [9.17, 15) is 19.5 Å². The van der Waals surface area contributed by atoms with Crippen LogP contribution in [0.5, 0.6) is 5.75 Å². The number of nitrogens with zero attached hydrogens (tertiary/aromatic N) is 1. The van der Waals surface area contributed by atoms with Crippen LogP contribution in [0.4, 0.5) is 0 Å². The standard InChI is InChI=1S/C20H17Cl2N3O4/c1-2-9-25-15-6-4-3-5-13(15)17(26)16(20(25)29)19(28)24-23-18(27)12-8-7-11(21)10-14(12)22/h3-8,10,26H,2,9H2,1H3,(H,23,27)(H,24,28). The van der Waals surface area contributed by atoms with E-state index in [4.69, 9.17) is 23.2 Å². The Hall–Kier alpha value is -3.03. The maximum Gasteiger partial charge on any atom is 0.279 e. The van der Waals surface area contributed by atoms with Crippen molar-refractivity contribution >= 4 is 45.9 Å². The number of nitrogens with one attached hydrogen (secondary N) is 2. The Labute approximate surface area is 175 Å². The number of benzene rings is 2. The first kappa shape index (κ1) is 20.7. The van der Waals surface area contributed by atoms with Gasteiger partial charge in [-0.3, -0.25) is 25.2 Å². The molecule has 0 spiro atoms. The lowest BCUT2D eigenvalue weighted by atomic mass is 10.1. The first-order valence-corrected chi connectivity index (χ1v) is 9.51. The fraction of sp³-hybridized carbons (Fsp3) is 0.150. The Kier molecular flexibility index (Phi) is 6.10. The van der Waals surface area contributed by atoms with Gasteiger partial charge in [0.15, 0.2) is 0 Å². The Morgan fingerprint density at radius 2 is 1.76 bits per heavy atom. The molecule has 0 aliphatic heterocycles. The molecule has 3 N–H and O–H groups in total. The third-order valence-corrected chi connectivity index (χ3v) is 4.83. The quantitative estimate of drug-likeness (QED) is 0.548. The zero-order valence-corrected chi connectivity index (χ0v) is 16.8. The van der Waals surface area contributed by atoms with E-state index in [1.165, 1.54) is 22.8 Å². The van der Waals surface area contributed by atoms with Crippen LogP contribution in [0.1, 0.15) is 34.1 Å². The van der Waals surface area contributed by atoms with Gasteiger partial charge in [-0.25, -0.2) is 0 Å². The minimum Gasteiger partial charge on any atom is -0.506 e. The Morgan fingerprint density at radius 1 is 1.07 bits per heavy atom. The number of fused-ring (bicyclic) bond motifs is 1. The topological polar surface area (TPSA) is 100 Å². The van der Waals surface area contributed by atoms with E-state index in [2.05, 4.69) is 10.9 Å². The highest BCUT2D eigenvalue weighted by atomic mass is 35.5. The lowest BCUT2D eigenvalue weighted by Gasteiger charge is -2.14. The summed E-state index contributed by atoms with van der Waals surface area (Å²) >= 11 is 11.8. The van der Waals surface area contributed by atoms with E-state index in [-0.39, 0.29) is 10.6 Å². The van der Waals surface area contributed by atoms with E-state index < -0.39 is 28.7 Å². The van der Waals surface area contributed by atoms with E-state index >= 15 is 0 Å². The summed E-state index contributed by atoms with van der Waals surface area (Å²) in [5.41, 5.74) is 3.83. The van der Waals surface area contributed by atoms with Crippen LogP contribution in [0, 0.1) is 0 Å². The van der Waals surface area contributed by atoms with Crippen LogP contribution < -0.4 is 16.4 Å². The van der Waals surface area contributed by atoms with Crippen molar-refractivity contribution in [1.29, 1.82) is 0 Å². The third kappa shape index (κ3) is 4.06. The second kappa shape index (κ2) is 8.55. The van der Waals surface area contributed by atoms with E-state index in [1.807, 2.05) is 6.92 Å². The summed E-state index contributed by atoms with van der Waals surface area (Å²) in [6.07, 6.45) is 0.654. The fourth-order valence-electron chi connectivity index (χ4n) is 2.96. The molecule has 1 aromatic heterocycles. The van der Waals surface area contributed by atoms with Gasteiger partial charge in [0.25, 0.3) is 17.4 Å². The van der Waals surface area contributed by atoms with Gasteiger partial charge >= 0.3 is 0 Å². The van der Waals surface area contributed by atoms with Crippen LogP contribution >= 0.6 is 23.2 Å². The maximum atomic E-state index is 12.8. The molecule has 3 rings (SSSR count). The van der Waals surface area contributed by atoms with Crippen molar-refractivity contribution in [3.05, 3.63) is 74.0 Å². The highest BCUT2D eigenvalue weighted by Gasteiger charge is 2.22. The van der Waals surface area contributed by atoms with Gasteiger partial charge in [0.05, 0.1) is 16.1 Å². The Balaban J connectivity index is 1.93. The summed E-state index contributed by atoms with van der Waals surface area (Å²) < 4.78 is 1.42. The summed E-state index contributed by atoms with van der Waals surface area (Å²) in [4.78, 5) is 37.7. The third-order valence-electron chi connectivity index (χ3n) is 4.29. The first-order chi connectivity index (χ1) is 13.8. The number of hydrazine groups is 1. The first-order valence-electron chi connectivity index (χ1n) is 8.75. The fourth-order valence-corrected chi connectivity index (χ4v) is 3.45. The summed E-state index contributed by atoms with van der Waals surface area (Å²) in [6.45, 7) is 2.26. The van der Waals surface area contributed by atoms with Gasteiger partial charge in [0.2, 0.25) is 0 Å². The largest absolute Gasteiger partial charge is 0.506 e. The minimum atomic E-state index is -0.943. The number of aryl methyl sites for hydroxylation is 1. The van der Waals surface area contributed by atoms with Crippen molar-refractivity contribution < 1.29 is 14.7 Å². The summed E-state index contributed by atoms with van der Waals surface area (Å²) in [5.74, 6) is -2.09. The number of aromatic hydroxyl groups is 1. The smallest absolute Gasteiger partial charge is 0.279 e. The number of hydrogen-bond acceptors (Lipinski definition) is 4. The second-order valence-electron chi connectivity index (χ2n) is 6.23. The summed E-state index contributed by atoms with van der Waals surface area (Å²) in [7, 11) is 0. The van der Waals surface area contributed by atoms with Crippen molar-refractivity contribution in [1.82, 2.24) is 15.4 Å². The van der Waals surface area contributed by atoms with Crippen LogP contribution in [0.2, 0.25) is 10.0 Å². The molecule has 29 heavy (non-hydrogen) atoms. The number of rotatable bonds is 4. The molecular formula is C20H17Cl2N3O4. The van der Waals surface area contributed by atoms with Gasteiger partial charge in [0.1, 0.15) is 11.3 Å². The van der Waals surface area contributed by atoms with Gasteiger partial charge in [-0.05, 0) is 36.8 Å². The molecule has 0 atom stereocenters. The lowest BCUT2D eigenvalue weighted by molar-refractivity contribution is 0.0844. The van der Waals surface area contributed by atoms with Crippen LogP contribution in [-0.2, 0) is 6.54 Å². The molecule has 0 radical (unpaired) electrons. The molecule has 0 aliphatic carbocycles. The molecular weight excluding hydrogens is 417 g/mol. The zero-order chi connectivity index (χ0) is 21.1. The number of amides is 2. The van der Waals surface area contributed by atoms with Crippen molar-refractivity contribution in [2.24, 2.45) is 0 Å². The van der Waals surface area contributed by atoms with Gasteiger partial charge in [-0.15, -0.1) is 0 Å². The van der Waals surface area contributed by atoms with Gasteiger partial charge < -0.3 is 9.67 Å². The normalized spacial score (nSPS) is 10.7. The lowest BCUT2D eigenvalue weighted by Crippen LogP contribution is -2.44. The van der Waals surface area contributed by atoms with Crippen LogP contribution in [0.3, 0.4) is 0 Å². The van der Waals surface area contributed by atoms with Gasteiger partial charge in [-0.1, -0.05) is 42.3 Å². The number of hydrogen-bond donors (Lipinski definition) is 3. The van der Waals surface area contributed by atoms with Gasteiger partial charge in [0, 0.05) is 17.0 Å². The summed E-state index contributed by atoms with van der Waals surface area (Å²) in [5, 5.41) is 11.3. The van der Waals surface area contributed by atoms with Crippen LogP contribution in [0.25, 0.3) is 10.9 Å². The zero-order valence-electron chi connectivity index (χ0n) is 15.3. The molecule has 2 amide bonds. The molecule has 0 fully saturated rings. The number of carbonyl (C=O) groups excluding carboxylic acids is 2. The summed E-state index contributed by atoms with van der Waals surface area (Å²) in [6, 6.07) is 11.0. The maximum absolute atomic E-state index is 12.8. The SMILES string of the molecule is CCCn1c(=O)c(C(=O)NNC(=O)c2ccc(Cl)cc2Cl)c(O)c2ccccc21. The minimum absolute atomic E-state index is 0.0856. The molecule has 7 nitrogen and oxygen atoms in total. The predicted molar refractivity (Wildman–Crippen MR) is 112 cm³/mol. The highest BCUT2D eigenvalue weighted by Crippen LogP contribution is 2.26. The molecule has 2 aromatic carbocycles. The van der Waals surface area contributed by atoms with Crippen LogP contribution in [-0.4, -0.2) is 21.5 Å². The van der Waals surface area contributed by atoms with Crippen LogP contribution in [0.15, 0.2) is 47.3 Å². The molecule has 0 unspecified atom stereocenters. The van der Waals surface area contributed by atoms with Crippen molar-refractivity contribution in [3.63, 3.8) is 0 Å². The highest BCUT2D eigenvalue weighted by molar-refractivity contribution is 6.36. The molecule has 150 valence electrons. The van der Waals surface area contributed by atoms with Crippen molar-refractivity contribution in [2.75, 3.05) is 0 Å². The molecule has 1 heterocycles. The predicted octanol–water partition coefficient (Wildman–Crippen LogP) is 3.50. The van der Waals surface area contributed by atoms with E-state index in [0.29, 0.717) is 28.9 Å². The Morgan fingerprint density at radius 3 is 2.45 bits per heavy atom. The Bertz CT molecular complexity index is 1170. The monoisotopic (exact) mass is 433 g/mol. The second-order valence-corrected chi connectivity index (χ2v) is 7.07. The molecule has 0 saturated heterocycles. The number of pyridine rings is 1. The number of carbonyl (C=O) groups is 2. The van der Waals surface area contributed by atoms with Crippen molar-refractivity contribution in [3.8, 4) is 5.75 Å². The number of para-hydroxylation sites is 1. The molecule has 0 bridgehead atoms. The van der Waals surface area contributed by atoms with Gasteiger partial charge in [-0.2, -0.15) is 0 Å². The van der Waals surface area contributed by atoms with E-state index in [1.54, 1.807) is 24.3 Å². The molecule has 9 heteroatoms.